The van der Waals surface area contributed by atoms with E-state index in [9.17, 15) is 18.0 Å². The van der Waals surface area contributed by atoms with Gasteiger partial charge >= 0.3 is 12.2 Å². The Labute approximate surface area is 144 Å². The van der Waals surface area contributed by atoms with Crippen LogP contribution in [0, 0.1) is 0 Å². The minimum Gasteiger partial charge on any atom is -0.379 e. The Bertz CT molecular complexity index is 546. The largest absolute Gasteiger partial charge is 0.416 e. The molecule has 1 saturated heterocycles. The van der Waals surface area contributed by atoms with Crippen molar-refractivity contribution < 1.29 is 27.4 Å². The Hall–Kier alpha value is -1.80. The molecule has 1 fully saturated rings. The number of rotatable bonds is 8. The minimum absolute atomic E-state index is 0.0330. The highest BCUT2D eigenvalue weighted by Crippen LogP contribution is 2.29. The molecular weight excluding hydrogens is 337 g/mol. The van der Waals surface area contributed by atoms with Gasteiger partial charge in [-0.3, -0.25) is 0 Å². The summed E-state index contributed by atoms with van der Waals surface area (Å²) in [5.41, 5.74) is -0.333. The van der Waals surface area contributed by atoms with E-state index in [-0.39, 0.29) is 12.6 Å². The molecule has 1 aliphatic rings. The van der Waals surface area contributed by atoms with Crippen molar-refractivity contribution in [3.63, 3.8) is 0 Å². The zero-order valence-corrected chi connectivity index (χ0v) is 13.9. The Morgan fingerprint density at radius 3 is 2.88 bits per heavy atom. The van der Waals surface area contributed by atoms with Crippen LogP contribution in [-0.2, 0) is 22.2 Å². The van der Waals surface area contributed by atoms with Crippen molar-refractivity contribution >= 4 is 6.03 Å². The zero-order chi connectivity index (χ0) is 18.1. The number of hydrogen-bond acceptors (Lipinski definition) is 3. The molecule has 0 saturated carbocycles. The van der Waals surface area contributed by atoms with Crippen molar-refractivity contribution in [2.75, 3.05) is 26.4 Å². The van der Waals surface area contributed by atoms with E-state index in [0.717, 1.165) is 31.6 Å². The fraction of sp³-hybridized carbons (Fsp3) is 0.588. The number of halogens is 3. The quantitative estimate of drug-likeness (QED) is 0.701. The molecule has 1 aliphatic heterocycles. The number of hydrogen-bond donors (Lipinski definition) is 2. The van der Waals surface area contributed by atoms with Crippen LogP contribution in [0.25, 0.3) is 0 Å². The monoisotopic (exact) mass is 360 g/mol. The normalized spacial score (nSPS) is 17.5. The van der Waals surface area contributed by atoms with Gasteiger partial charge in [-0.1, -0.05) is 12.1 Å². The lowest BCUT2D eigenvalue weighted by Crippen LogP contribution is -2.36. The highest BCUT2D eigenvalue weighted by molar-refractivity contribution is 5.73. The Balaban J connectivity index is 1.56. The topological polar surface area (TPSA) is 59.6 Å². The lowest BCUT2D eigenvalue weighted by molar-refractivity contribution is -0.137. The third kappa shape index (κ3) is 7.31. The molecule has 1 heterocycles. The van der Waals surface area contributed by atoms with E-state index in [0.29, 0.717) is 31.7 Å². The third-order valence-electron chi connectivity index (χ3n) is 3.79. The summed E-state index contributed by atoms with van der Waals surface area (Å²) in [6.45, 7) is 2.35. The van der Waals surface area contributed by atoms with Gasteiger partial charge in [-0.2, -0.15) is 13.2 Å². The van der Waals surface area contributed by atoms with Gasteiger partial charge in [0.25, 0.3) is 0 Å². The fourth-order valence-electron chi connectivity index (χ4n) is 2.47. The van der Waals surface area contributed by atoms with Gasteiger partial charge in [-0.05, 0) is 37.0 Å². The molecule has 8 heteroatoms. The van der Waals surface area contributed by atoms with Gasteiger partial charge in [0.05, 0.1) is 18.3 Å². The average molecular weight is 360 g/mol. The van der Waals surface area contributed by atoms with E-state index in [1.165, 1.54) is 12.1 Å². The molecule has 0 aromatic heterocycles. The second-order valence-corrected chi connectivity index (χ2v) is 5.87. The van der Waals surface area contributed by atoms with E-state index in [1.807, 2.05) is 0 Å². The van der Waals surface area contributed by atoms with E-state index in [2.05, 4.69) is 10.6 Å². The van der Waals surface area contributed by atoms with Gasteiger partial charge in [0.2, 0.25) is 0 Å². The summed E-state index contributed by atoms with van der Waals surface area (Å²) in [6, 6.07) is 4.47. The van der Waals surface area contributed by atoms with Crippen molar-refractivity contribution in [3.05, 3.63) is 35.4 Å². The predicted octanol–water partition coefficient (Wildman–Crippen LogP) is 3.09. The fourth-order valence-corrected chi connectivity index (χ4v) is 2.47. The Morgan fingerprint density at radius 1 is 1.32 bits per heavy atom. The minimum atomic E-state index is -4.39. The maximum Gasteiger partial charge on any atom is 0.416 e. The molecule has 0 spiro atoms. The summed E-state index contributed by atoms with van der Waals surface area (Å²) in [7, 11) is 0. The van der Waals surface area contributed by atoms with Gasteiger partial charge in [0.15, 0.2) is 0 Å². The molecule has 1 aromatic rings. The van der Waals surface area contributed by atoms with Crippen LogP contribution in [0.5, 0.6) is 0 Å². The van der Waals surface area contributed by atoms with Crippen LogP contribution in [0.1, 0.15) is 30.4 Å². The molecule has 1 unspecified atom stereocenters. The molecule has 2 N–H and O–H groups in total. The molecule has 2 rings (SSSR count). The first-order valence-corrected chi connectivity index (χ1v) is 8.32. The van der Waals surface area contributed by atoms with Gasteiger partial charge in [0, 0.05) is 26.3 Å². The van der Waals surface area contributed by atoms with Crippen LogP contribution >= 0.6 is 0 Å². The SMILES string of the molecule is O=C(NCCCOCC1CCCO1)NCc1cccc(C(F)(F)F)c1. The Kier molecular flexibility index (Phi) is 7.52. The first kappa shape index (κ1) is 19.5. The first-order valence-electron chi connectivity index (χ1n) is 8.32. The summed E-state index contributed by atoms with van der Waals surface area (Å²) in [5, 5.41) is 5.18. The zero-order valence-electron chi connectivity index (χ0n) is 13.9. The standard InChI is InChI=1S/C17H23F3N2O3/c18-17(19,20)14-5-1-4-13(10-14)11-22-16(23)21-7-3-8-24-12-15-6-2-9-25-15/h1,4-5,10,15H,2-3,6-9,11-12H2,(H2,21,22,23). The van der Waals surface area contributed by atoms with E-state index >= 15 is 0 Å². The van der Waals surface area contributed by atoms with Crippen LogP contribution < -0.4 is 10.6 Å². The molecule has 140 valence electrons. The molecule has 0 aliphatic carbocycles. The number of alkyl halides is 3. The molecule has 0 bridgehead atoms. The summed E-state index contributed by atoms with van der Waals surface area (Å²) >= 11 is 0. The second kappa shape index (κ2) is 9.62. The van der Waals surface area contributed by atoms with Crippen LogP contribution in [-0.4, -0.2) is 38.5 Å². The summed E-state index contributed by atoms with van der Waals surface area (Å²) < 4.78 is 48.7. The van der Waals surface area contributed by atoms with Crippen molar-refractivity contribution in [2.45, 2.75) is 38.1 Å². The lowest BCUT2D eigenvalue weighted by Gasteiger charge is -2.11. The van der Waals surface area contributed by atoms with Crippen molar-refractivity contribution in [2.24, 2.45) is 0 Å². The first-order chi connectivity index (χ1) is 11.9. The molecule has 5 nitrogen and oxygen atoms in total. The number of carbonyl (C=O) groups is 1. The van der Waals surface area contributed by atoms with Gasteiger partial charge in [-0.15, -0.1) is 0 Å². The maximum atomic E-state index is 12.6. The summed E-state index contributed by atoms with van der Waals surface area (Å²) in [6.07, 6.45) is -1.45. The van der Waals surface area contributed by atoms with Crippen LogP contribution in [0.3, 0.4) is 0 Å². The number of urea groups is 1. The van der Waals surface area contributed by atoms with Gasteiger partial charge < -0.3 is 20.1 Å². The van der Waals surface area contributed by atoms with Crippen LogP contribution in [0.4, 0.5) is 18.0 Å². The summed E-state index contributed by atoms with van der Waals surface area (Å²) in [5.74, 6) is 0. The summed E-state index contributed by atoms with van der Waals surface area (Å²) in [4.78, 5) is 11.6. The van der Waals surface area contributed by atoms with E-state index in [1.54, 1.807) is 0 Å². The number of nitrogens with one attached hydrogen (secondary N) is 2. The average Bonchev–Trinajstić information content (AvgIpc) is 3.09. The number of benzene rings is 1. The molecule has 1 aromatic carbocycles. The third-order valence-corrected chi connectivity index (χ3v) is 3.79. The molecule has 1 atom stereocenters. The number of carbonyl (C=O) groups excluding carboxylic acids is 1. The molecular formula is C17H23F3N2O3. The lowest BCUT2D eigenvalue weighted by atomic mass is 10.1. The van der Waals surface area contributed by atoms with Crippen molar-refractivity contribution in [1.82, 2.24) is 10.6 Å². The van der Waals surface area contributed by atoms with E-state index in [4.69, 9.17) is 9.47 Å². The van der Waals surface area contributed by atoms with E-state index < -0.39 is 17.8 Å². The Morgan fingerprint density at radius 2 is 2.16 bits per heavy atom. The highest BCUT2D eigenvalue weighted by Gasteiger charge is 2.30. The molecule has 0 radical (unpaired) electrons. The maximum absolute atomic E-state index is 12.6. The van der Waals surface area contributed by atoms with Gasteiger partial charge in [0.1, 0.15) is 0 Å². The van der Waals surface area contributed by atoms with Crippen molar-refractivity contribution in [3.8, 4) is 0 Å². The highest BCUT2D eigenvalue weighted by atomic mass is 19.4. The van der Waals surface area contributed by atoms with Crippen LogP contribution in [0.2, 0.25) is 0 Å². The van der Waals surface area contributed by atoms with Gasteiger partial charge in [-0.25, -0.2) is 4.79 Å². The smallest absolute Gasteiger partial charge is 0.379 e. The van der Waals surface area contributed by atoms with Crippen molar-refractivity contribution in [1.29, 1.82) is 0 Å². The molecule has 2 amide bonds. The number of amides is 2. The van der Waals surface area contributed by atoms with Crippen LogP contribution in [0.15, 0.2) is 24.3 Å². The predicted molar refractivity (Wildman–Crippen MR) is 86.1 cm³/mol. The molecule has 25 heavy (non-hydrogen) atoms. The number of ether oxygens (including phenoxy) is 2. The second-order valence-electron chi connectivity index (χ2n) is 5.87.